The molecule has 1 rings (SSSR count). The molecular formula is C7H11ClN2O2S. The normalized spacial score (nSPS) is 13.2. The van der Waals surface area contributed by atoms with Gasteiger partial charge in [-0.25, -0.2) is 13.1 Å². The van der Waals surface area contributed by atoms with Crippen LogP contribution in [-0.4, -0.2) is 18.2 Å². The molecule has 0 aliphatic carbocycles. The molecule has 1 aromatic heterocycles. The first-order valence-corrected chi connectivity index (χ1v) is 6.03. The molecule has 0 N–H and O–H groups in total. The Morgan fingerprint density at radius 3 is 2.31 bits per heavy atom. The second-order valence-corrected chi connectivity index (χ2v) is 6.20. The molecule has 0 aromatic carbocycles. The molecule has 13 heavy (non-hydrogen) atoms. The summed E-state index contributed by atoms with van der Waals surface area (Å²) in [6.07, 6.45) is 1.42. The summed E-state index contributed by atoms with van der Waals surface area (Å²) in [5.41, 5.74) is -0.388. The summed E-state index contributed by atoms with van der Waals surface area (Å²) in [7, 11) is 1.52. The first-order valence-electron chi connectivity index (χ1n) is 3.72. The number of rotatable bonds is 1. The minimum absolute atomic E-state index is 0.0293. The fourth-order valence-corrected chi connectivity index (χ4v) is 2.08. The lowest BCUT2D eigenvalue weighted by Crippen LogP contribution is -2.25. The van der Waals surface area contributed by atoms with E-state index in [0.717, 1.165) is 0 Å². The Kier molecular flexibility index (Phi) is 2.42. The van der Waals surface area contributed by atoms with Gasteiger partial charge in [-0.1, -0.05) is 0 Å². The molecule has 0 bridgehead atoms. The molecule has 1 heterocycles. The van der Waals surface area contributed by atoms with Gasteiger partial charge < -0.3 is 0 Å². The van der Waals surface area contributed by atoms with Crippen LogP contribution in [0.2, 0.25) is 0 Å². The van der Waals surface area contributed by atoms with E-state index < -0.39 is 9.05 Å². The van der Waals surface area contributed by atoms with Crippen molar-refractivity contribution >= 4 is 19.7 Å². The highest BCUT2D eigenvalue weighted by molar-refractivity contribution is 8.13. The fraction of sp³-hybridized carbons (Fsp3) is 0.571. The van der Waals surface area contributed by atoms with Gasteiger partial charge in [-0.05, 0) is 26.8 Å². The Morgan fingerprint density at radius 1 is 1.46 bits per heavy atom. The van der Waals surface area contributed by atoms with Gasteiger partial charge in [0.25, 0.3) is 9.05 Å². The van der Waals surface area contributed by atoms with Crippen LogP contribution in [0.15, 0.2) is 17.3 Å². The first kappa shape index (κ1) is 10.5. The second-order valence-electron chi connectivity index (χ2n) is 3.69. The second kappa shape index (κ2) is 2.99. The van der Waals surface area contributed by atoms with E-state index in [1.807, 2.05) is 20.8 Å². The predicted octanol–water partition coefficient (Wildman–Crippen LogP) is 1.57. The number of hydrogen-bond donors (Lipinski definition) is 0. The third-order valence-corrected chi connectivity index (χ3v) is 2.78. The zero-order valence-electron chi connectivity index (χ0n) is 7.65. The van der Waals surface area contributed by atoms with E-state index in [-0.39, 0.29) is 10.6 Å². The smallest absolute Gasteiger partial charge is 0.248 e. The van der Waals surface area contributed by atoms with Crippen LogP contribution < -0.4 is 0 Å². The Hall–Kier alpha value is -0.550. The van der Waals surface area contributed by atoms with Crippen LogP contribution in [0.4, 0.5) is 0 Å². The minimum Gasteiger partial charge on any atom is -0.248 e. The molecule has 0 aliphatic rings. The van der Waals surface area contributed by atoms with Gasteiger partial charge in [0.1, 0.15) is 0 Å². The maximum absolute atomic E-state index is 11.1. The van der Waals surface area contributed by atoms with Crippen molar-refractivity contribution in [2.24, 2.45) is 0 Å². The van der Waals surface area contributed by atoms with Gasteiger partial charge in [-0.3, -0.25) is 0 Å². The topological polar surface area (TPSA) is 52.0 Å². The van der Waals surface area contributed by atoms with Gasteiger partial charge in [-0.15, -0.1) is 0 Å². The van der Waals surface area contributed by atoms with Crippen LogP contribution in [0.1, 0.15) is 20.8 Å². The molecule has 0 spiro atoms. The van der Waals surface area contributed by atoms with Crippen LogP contribution in [0, 0.1) is 0 Å². The fourth-order valence-electron chi connectivity index (χ4n) is 0.980. The van der Waals surface area contributed by atoms with E-state index in [9.17, 15) is 8.42 Å². The molecule has 1 aromatic rings. The van der Waals surface area contributed by atoms with E-state index in [1.54, 1.807) is 0 Å². The van der Waals surface area contributed by atoms with Crippen LogP contribution in [0.25, 0.3) is 0 Å². The minimum atomic E-state index is -3.70. The first-order chi connectivity index (χ1) is 5.73. The number of halogens is 1. The third-order valence-electron chi connectivity index (χ3n) is 1.49. The van der Waals surface area contributed by atoms with Crippen LogP contribution in [-0.2, 0) is 14.6 Å². The molecule has 0 fully saturated rings. The van der Waals surface area contributed by atoms with Crippen molar-refractivity contribution in [2.75, 3.05) is 0 Å². The number of aromatic nitrogens is 2. The van der Waals surface area contributed by atoms with Gasteiger partial charge in [0.15, 0.2) is 5.03 Å². The van der Waals surface area contributed by atoms with Gasteiger partial charge in [0, 0.05) is 10.7 Å². The third kappa shape index (κ3) is 2.22. The summed E-state index contributed by atoms with van der Waals surface area (Å²) in [5.74, 6) is 0. The molecule has 0 amide bonds. The quantitative estimate of drug-likeness (QED) is 0.678. The SMILES string of the molecule is CC(C)(C)n1nccc1S(=O)(=O)Cl. The molecule has 6 heteroatoms. The molecule has 0 unspecified atom stereocenters. The summed E-state index contributed by atoms with van der Waals surface area (Å²) in [5, 5.41) is 3.94. The largest absolute Gasteiger partial charge is 0.278 e. The van der Waals surface area contributed by atoms with Gasteiger partial charge >= 0.3 is 0 Å². The van der Waals surface area contributed by atoms with Crippen LogP contribution in [0.3, 0.4) is 0 Å². The maximum atomic E-state index is 11.1. The lowest BCUT2D eigenvalue weighted by Gasteiger charge is -2.20. The lowest BCUT2D eigenvalue weighted by molar-refractivity contribution is 0.326. The zero-order valence-corrected chi connectivity index (χ0v) is 9.22. The number of nitrogens with zero attached hydrogens (tertiary/aromatic N) is 2. The summed E-state index contributed by atoms with van der Waals surface area (Å²) < 4.78 is 23.5. The standard InChI is InChI=1S/C7H11ClN2O2S/c1-7(2,3)10-6(4-5-9-10)13(8,11)12/h4-5H,1-3H3. The Morgan fingerprint density at radius 2 is 2.00 bits per heavy atom. The van der Waals surface area contributed by atoms with Gasteiger partial charge in [-0.2, -0.15) is 5.10 Å². The Bertz CT molecular complexity index is 402. The zero-order chi connectivity index (χ0) is 10.3. The van der Waals surface area contributed by atoms with E-state index in [2.05, 4.69) is 5.10 Å². The van der Waals surface area contributed by atoms with Crippen LogP contribution in [0.5, 0.6) is 0 Å². The predicted molar refractivity (Wildman–Crippen MR) is 50.3 cm³/mol. The summed E-state index contributed by atoms with van der Waals surface area (Å²) in [6.45, 7) is 5.56. The van der Waals surface area contributed by atoms with E-state index in [4.69, 9.17) is 10.7 Å². The highest BCUT2D eigenvalue weighted by Crippen LogP contribution is 2.21. The molecule has 0 atom stereocenters. The van der Waals surface area contributed by atoms with Crippen molar-refractivity contribution in [3.63, 3.8) is 0 Å². The monoisotopic (exact) mass is 222 g/mol. The van der Waals surface area contributed by atoms with Crippen molar-refractivity contribution < 1.29 is 8.42 Å². The molecular weight excluding hydrogens is 212 g/mol. The summed E-state index contributed by atoms with van der Waals surface area (Å²) in [4.78, 5) is 0. The van der Waals surface area contributed by atoms with Crippen molar-refractivity contribution in [3.8, 4) is 0 Å². The lowest BCUT2D eigenvalue weighted by atomic mass is 10.1. The van der Waals surface area contributed by atoms with E-state index in [0.29, 0.717) is 0 Å². The summed E-state index contributed by atoms with van der Waals surface area (Å²) >= 11 is 0. The molecule has 0 saturated carbocycles. The molecule has 0 saturated heterocycles. The van der Waals surface area contributed by atoms with E-state index >= 15 is 0 Å². The average Bonchev–Trinajstić information content (AvgIpc) is 2.27. The Labute approximate surface area is 81.9 Å². The van der Waals surface area contributed by atoms with Crippen LogP contribution >= 0.6 is 10.7 Å². The summed E-state index contributed by atoms with van der Waals surface area (Å²) in [6, 6.07) is 1.38. The highest BCUT2D eigenvalue weighted by atomic mass is 35.7. The van der Waals surface area contributed by atoms with Gasteiger partial charge in [0.2, 0.25) is 0 Å². The van der Waals surface area contributed by atoms with Crippen molar-refractivity contribution in [3.05, 3.63) is 12.3 Å². The van der Waals surface area contributed by atoms with Gasteiger partial charge in [0.05, 0.1) is 11.7 Å². The molecule has 74 valence electrons. The Balaban J connectivity index is 3.35. The molecule has 0 aliphatic heterocycles. The average molecular weight is 223 g/mol. The van der Waals surface area contributed by atoms with Crippen molar-refractivity contribution in [1.82, 2.24) is 9.78 Å². The highest BCUT2D eigenvalue weighted by Gasteiger charge is 2.23. The van der Waals surface area contributed by atoms with Crippen molar-refractivity contribution in [1.29, 1.82) is 0 Å². The number of hydrogen-bond acceptors (Lipinski definition) is 3. The van der Waals surface area contributed by atoms with Crippen molar-refractivity contribution in [2.45, 2.75) is 31.3 Å². The molecule has 4 nitrogen and oxygen atoms in total. The maximum Gasteiger partial charge on any atom is 0.278 e. The van der Waals surface area contributed by atoms with E-state index in [1.165, 1.54) is 16.9 Å². The molecule has 0 radical (unpaired) electrons.